The van der Waals surface area contributed by atoms with Crippen molar-refractivity contribution in [3.05, 3.63) is 30.3 Å². The lowest BCUT2D eigenvalue weighted by Crippen LogP contribution is -2.49. The fourth-order valence-electron chi connectivity index (χ4n) is 1.60. The number of rotatable bonds is 7. The first-order chi connectivity index (χ1) is 9.17. The Labute approximate surface area is 115 Å². The minimum Gasteiger partial charge on any atom is -0.481 e. The summed E-state index contributed by atoms with van der Waals surface area (Å²) in [5.41, 5.74) is -1.81. The van der Waals surface area contributed by atoms with Crippen LogP contribution < -0.4 is 10.4 Å². The zero-order valence-corrected chi connectivity index (χ0v) is 11.7. The summed E-state index contributed by atoms with van der Waals surface area (Å²) >= 11 is 0. The summed E-state index contributed by atoms with van der Waals surface area (Å²) in [4.78, 5) is 31.8. The molecule has 1 rings (SSSR count). The number of carboxylic acid groups (broad SMARTS) is 2. The molecule has 1 aromatic carbocycles. The van der Waals surface area contributed by atoms with Gasteiger partial charge in [-0.3, -0.25) is 14.2 Å². The molecule has 1 aromatic rings. The predicted molar refractivity (Wildman–Crippen MR) is 71.9 cm³/mol. The van der Waals surface area contributed by atoms with E-state index in [1.165, 1.54) is 19.1 Å². The van der Waals surface area contributed by atoms with Gasteiger partial charge in [0, 0.05) is 6.42 Å². The molecule has 20 heavy (non-hydrogen) atoms. The molecule has 2 unspecified atom stereocenters. The first-order valence-electron chi connectivity index (χ1n) is 5.80. The summed E-state index contributed by atoms with van der Waals surface area (Å²) in [6.07, 6.45) is -0.736. The van der Waals surface area contributed by atoms with Crippen molar-refractivity contribution in [2.45, 2.75) is 25.3 Å². The van der Waals surface area contributed by atoms with Gasteiger partial charge in [-0.25, -0.2) is 5.09 Å². The van der Waals surface area contributed by atoms with Crippen LogP contribution in [0.1, 0.15) is 19.8 Å². The van der Waals surface area contributed by atoms with Gasteiger partial charge in [0.15, 0.2) is 0 Å². The molecule has 0 aliphatic heterocycles. The number of nitrogens with one attached hydrogen (secondary N) is 1. The maximum atomic E-state index is 12.2. The van der Waals surface area contributed by atoms with Crippen molar-refractivity contribution in [1.29, 1.82) is 0 Å². The Hall–Kier alpha value is -1.69. The second-order valence-corrected chi connectivity index (χ2v) is 6.45. The van der Waals surface area contributed by atoms with Crippen LogP contribution in [0.2, 0.25) is 0 Å². The summed E-state index contributed by atoms with van der Waals surface area (Å²) in [5, 5.41) is 20.0. The Morgan fingerprint density at radius 3 is 2.25 bits per heavy atom. The molecule has 0 radical (unpaired) electrons. The monoisotopic (exact) mass is 301 g/mol. The molecule has 0 amide bonds. The van der Waals surface area contributed by atoms with Crippen LogP contribution in [-0.4, -0.2) is 32.6 Å². The molecule has 0 saturated heterocycles. The van der Waals surface area contributed by atoms with Gasteiger partial charge in [0.05, 0.1) is 5.30 Å². The van der Waals surface area contributed by atoms with Crippen molar-refractivity contribution < 1.29 is 29.3 Å². The molecule has 0 aliphatic carbocycles. The van der Waals surface area contributed by atoms with Gasteiger partial charge in [0.25, 0.3) is 7.52 Å². The van der Waals surface area contributed by atoms with Gasteiger partial charge in [0.2, 0.25) is 0 Å². The Morgan fingerprint density at radius 2 is 1.80 bits per heavy atom. The lowest BCUT2D eigenvalue weighted by atomic mass is 9.98. The molecule has 0 aliphatic rings. The molecule has 0 bridgehead atoms. The van der Waals surface area contributed by atoms with Crippen molar-refractivity contribution in [1.82, 2.24) is 5.09 Å². The standard InChI is InChI=1S/C12H16NO6P/c1-12(11(16)17,8-7-10(14)15)13-20(18,19)9-5-3-2-4-6-9/h2-6H,7-8H2,1H3,(H,14,15)(H,16,17)(H2,13,18,19). The number of carbonyl (C=O) groups is 2. The minimum atomic E-state index is -4.10. The smallest absolute Gasteiger partial charge is 0.324 e. The van der Waals surface area contributed by atoms with Crippen molar-refractivity contribution in [2.75, 3.05) is 0 Å². The molecule has 0 heterocycles. The molecule has 8 heteroatoms. The molecule has 0 aromatic heterocycles. The minimum absolute atomic E-state index is 0.0581. The van der Waals surface area contributed by atoms with Crippen LogP contribution in [0.15, 0.2) is 30.3 Å². The van der Waals surface area contributed by atoms with E-state index in [9.17, 15) is 19.0 Å². The van der Waals surface area contributed by atoms with Crippen LogP contribution in [0.3, 0.4) is 0 Å². The molecule has 0 saturated carbocycles. The average molecular weight is 301 g/mol. The largest absolute Gasteiger partial charge is 0.481 e. The fraction of sp³-hybridized carbons (Fsp3) is 0.333. The van der Waals surface area contributed by atoms with E-state index in [1.807, 2.05) is 0 Å². The van der Waals surface area contributed by atoms with Gasteiger partial charge >= 0.3 is 11.9 Å². The van der Waals surface area contributed by atoms with Crippen molar-refractivity contribution in [3.63, 3.8) is 0 Å². The number of carboxylic acids is 2. The molecular weight excluding hydrogens is 285 g/mol. The third-order valence-corrected chi connectivity index (χ3v) is 4.61. The highest BCUT2D eigenvalue weighted by atomic mass is 31.2. The van der Waals surface area contributed by atoms with E-state index in [4.69, 9.17) is 10.2 Å². The zero-order valence-electron chi connectivity index (χ0n) is 10.8. The Kier molecular flexibility index (Phi) is 5.05. The van der Waals surface area contributed by atoms with Crippen LogP contribution in [0.25, 0.3) is 0 Å². The Bertz CT molecular complexity index is 546. The second kappa shape index (κ2) is 6.17. The zero-order chi connectivity index (χ0) is 15.4. The van der Waals surface area contributed by atoms with Crippen LogP contribution in [0.5, 0.6) is 0 Å². The Morgan fingerprint density at radius 1 is 1.25 bits per heavy atom. The highest BCUT2D eigenvalue weighted by Crippen LogP contribution is 2.38. The Balaban J connectivity index is 2.98. The summed E-state index contributed by atoms with van der Waals surface area (Å²) in [6.45, 7) is 1.18. The third-order valence-electron chi connectivity index (χ3n) is 2.82. The van der Waals surface area contributed by atoms with E-state index < -0.39 is 31.4 Å². The normalized spacial score (nSPS) is 16.9. The number of benzene rings is 1. The van der Waals surface area contributed by atoms with Crippen molar-refractivity contribution in [2.24, 2.45) is 0 Å². The second-order valence-electron chi connectivity index (χ2n) is 4.55. The highest BCUT2D eigenvalue weighted by Gasteiger charge is 2.40. The quantitative estimate of drug-likeness (QED) is 0.549. The third kappa shape index (κ3) is 4.16. The summed E-state index contributed by atoms with van der Waals surface area (Å²) in [5.74, 6) is -2.56. The highest BCUT2D eigenvalue weighted by molar-refractivity contribution is 7.64. The molecule has 4 N–H and O–H groups in total. The molecule has 7 nitrogen and oxygen atoms in total. The molecular formula is C12H16NO6P. The van der Waals surface area contributed by atoms with Crippen molar-refractivity contribution in [3.8, 4) is 0 Å². The molecule has 110 valence electrons. The average Bonchev–Trinajstić information content (AvgIpc) is 2.37. The first kappa shape index (κ1) is 16.4. The number of hydrogen-bond donors (Lipinski definition) is 4. The topological polar surface area (TPSA) is 124 Å². The van der Waals surface area contributed by atoms with E-state index in [0.717, 1.165) is 0 Å². The number of hydrogen-bond acceptors (Lipinski definition) is 3. The van der Waals surface area contributed by atoms with E-state index in [-0.39, 0.29) is 11.7 Å². The van der Waals surface area contributed by atoms with Gasteiger partial charge in [0.1, 0.15) is 5.54 Å². The molecule has 2 atom stereocenters. The van der Waals surface area contributed by atoms with Crippen LogP contribution in [0, 0.1) is 0 Å². The van der Waals surface area contributed by atoms with Gasteiger partial charge < -0.3 is 15.1 Å². The van der Waals surface area contributed by atoms with Gasteiger partial charge in [-0.15, -0.1) is 0 Å². The predicted octanol–water partition coefficient (Wildman–Crippen LogP) is 0.795. The maximum absolute atomic E-state index is 12.2. The van der Waals surface area contributed by atoms with Crippen molar-refractivity contribution >= 4 is 24.8 Å². The summed E-state index contributed by atoms with van der Waals surface area (Å²) in [6, 6.07) is 7.55. The fourth-order valence-corrected chi connectivity index (χ4v) is 3.18. The SMILES string of the molecule is CC(CCC(=O)O)(NP(=O)(O)c1ccccc1)C(=O)O. The summed E-state index contributed by atoms with van der Waals surface area (Å²) in [7, 11) is -4.10. The van der Waals surface area contributed by atoms with Crippen LogP contribution in [-0.2, 0) is 14.2 Å². The van der Waals surface area contributed by atoms with E-state index in [0.29, 0.717) is 0 Å². The lowest BCUT2D eigenvalue weighted by Gasteiger charge is -2.28. The number of aliphatic carboxylic acids is 2. The lowest BCUT2D eigenvalue weighted by molar-refractivity contribution is -0.144. The van der Waals surface area contributed by atoms with Crippen LogP contribution >= 0.6 is 7.52 Å². The van der Waals surface area contributed by atoms with E-state index >= 15 is 0 Å². The van der Waals surface area contributed by atoms with Crippen LogP contribution in [0.4, 0.5) is 0 Å². The van der Waals surface area contributed by atoms with Gasteiger partial charge in [-0.05, 0) is 25.5 Å². The van der Waals surface area contributed by atoms with E-state index in [2.05, 4.69) is 5.09 Å². The molecule has 0 spiro atoms. The maximum Gasteiger partial charge on any atom is 0.324 e. The van der Waals surface area contributed by atoms with Gasteiger partial charge in [-0.1, -0.05) is 18.2 Å². The van der Waals surface area contributed by atoms with E-state index in [1.54, 1.807) is 18.2 Å². The van der Waals surface area contributed by atoms with Gasteiger partial charge in [-0.2, -0.15) is 0 Å². The summed E-state index contributed by atoms with van der Waals surface area (Å²) < 4.78 is 12.2. The first-order valence-corrected chi connectivity index (χ1v) is 7.46. The molecule has 0 fully saturated rings.